The summed E-state index contributed by atoms with van der Waals surface area (Å²) in [6.45, 7) is 0.344. The maximum Gasteiger partial charge on any atom is 0.0509 e. The zero-order chi connectivity index (χ0) is 10.1. The lowest BCUT2D eigenvalue weighted by atomic mass is 9.50. The van der Waals surface area contributed by atoms with E-state index < -0.39 is 0 Å². The van der Waals surface area contributed by atoms with E-state index in [1.54, 1.807) is 0 Å². The topological polar surface area (TPSA) is 40.5 Å². The fourth-order valence-electron chi connectivity index (χ4n) is 3.64. The minimum absolute atomic E-state index is 0.121. The van der Waals surface area contributed by atoms with Gasteiger partial charge in [-0.1, -0.05) is 25.7 Å². The molecule has 2 heteroatoms. The second-order valence-electron chi connectivity index (χ2n) is 5.58. The fourth-order valence-corrected chi connectivity index (χ4v) is 3.64. The summed E-state index contributed by atoms with van der Waals surface area (Å²) in [6.07, 6.45) is 10.3. The van der Waals surface area contributed by atoms with Crippen LogP contribution in [0.1, 0.15) is 51.4 Å². The normalized spacial score (nSPS) is 29.6. The van der Waals surface area contributed by atoms with E-state index in [1.807, 2.05) is 0 Å². The van der Waals surface area contributed by atoms with Crippen LogP contribution in [0.5, 0.6) is 0 Å². The lowest BCUT2D eigenvalue weighted by Crippen LogP contribution is -2.50. The first-order valence-corrected chi connectivity index (χ1v) is 5.96. The molecule has 2 saturated carbocycles. The summed E-state index contributed by atoms with van der Waals surface area (Å²) in [5.74, 6) is 0. The van der Waals surface area contributed by atoms with Gasteiger partial charge in [0.25, 0.3) is 0 Å². The third kappa shape index (κ3) is 1.70. The summed E-state index contributed by atoms with van der Waals surface area (Å²) in [5, 5.41) is 18.5. The highest BCUT2D eigenvalue weighted by Crippen LogP contribution is 2.60. The van der Waals surface area contributed by atoms with Gasteiger partial charge in [0.05, 0.1) is 13.2 Å². The molecule has 0 saturated heterocycles. The van der Waals surface area contributed by atoms with Crippen molar-refractivity contribution in [3.63, 3.8) is 0 Å². The summed E-state index contributed by atoms with van der Waals surface area (Å²) in [6, 6.07) is 0. The Morgan fingerprint density at radius 3 is 1.71 bits per heavy atom. The third-order valence-electron chi connectivity index (χ3n) is 4.34. The Kier molecular flexibility index (Phi) is 2.85. The van der Waals surface area contributed by atoms with Gasteiger partial charge in [-0.3, -0.25) is 0 Å². The van der Waals surface area contributed by atoms with E-state index in [-0.39, 0.29) is 18.6 Å². The van der Waals surface area contributed by atoms with Gasteiger partial charge in [-0.15, -0.1) is 0 Å². The Bertz CT molecular complexity index is 178. The van der Waals surface area contributed by atoms with Gasteiger partial charge < -0.3 is 10.2 Å². The highest BCUT2D eigenvalue weighted by molar-refractivity contribution is 5.03. The van der Waals surface area contributed by atoms with Crippen LogP contribution in [-0.4, -0.2) is 23.4 Å². The summed E-state index contributed by atoms with van der Waals surface area (Å²) in [7, 11) is 0. The maximum atomic E-state index is 9.26. The molecule has 2 aliphatic carbocycles. The first-order chi connectivity index (χ1) is 6.74. The Morgan fingerprint density at radius 1 is 0.786 bits per heavy atom. The van der Waals surface area contributed by atoms with Crippen LogP contribution in [0.15, 0.2) is 0 Å². The van der Waals surface area contributed by atoms with Crippen molar-refractivity contribution in [2.75, 3.05) is 13.2 Å². The molecule has 0 atom stereocenters. The zero-order valence-corrected chi connectivity index (χ0v) is 8.97. The summed E-state index contributed by atoms with van der Waals surface area (Å²) in [4.78, 5) is 0. The molecule has 0 amide bonds. The number of hydrogen-bond acceptors (Lipinski definition) is 2. The van der Waals surface area contributed by atoms with Crippen LogP contribution in [-0.2, 0) is 0 Å². The third-order valence-corrected chi connectivity index (χ3v) is 4.34. The smallest absolute Gasteiger partial charge is 0.0509 e. The Morgan fingerprint density at radius 2 is 1.29 bits per heavy atom. The molecule has 0 heterocycles. The van der Waals surface area contributed by atoms with Gasteiger partial charge in [-0.05, 0) is 31.1 Å². The van der Waals surface area contributed by atoms with Crippen LogP contribution in [0, 0.1) is 10.8 Å². The minimum Gasteiger partial charge on any atom is -0.396 e. The first-order valence-electron chi connectivity index (χ1n) is 5.96. The van der Waals surface area contributed by atoms with Crippen LogP contribution >= 0.6 is 0 Å². The maximum absolute atomic E-state index is 9.26. The molecular weight excluding hydrogens is 176 g/mol. The van der Waals surface area contributed by atoms with Crippen molar-refractivity contribution in [3.8, 4) is 0 Å². The summed E-state index contributed by atoms with van der Waals surface area (Å²) in [5.41, 5.74) is 0.381. The molecular formula is C12H22O2. The van der Waals surface area contributed by atoms with Crippen molar-refractivity contribution in [1.29, 1.82) is 0 Å². The average Bonchev–Trinajstić information content (AvgIpc) is 2.40. The molecule has 0 aromatic rings. The molecule has 1 spiro atoms. The van der Waals surface area contributed by atoms with Crippen LogP contribution in [0.3, 0.4) is 0 Å². The van der Waals surface area contributed by atoms with Crippen LogP contribution in [0.2, 0.25) is 0 Å². The monoisotopic (exact) mass is 198 g/mol. The molecule has 0 aromatic heterocycles. The minimum atomic E-state index is -0.121. The van der Waals surface area contributed by atoms with E-state index in [0.29, 0.717) is 5.41 Å². The van der Waals surface area contributed by atoms with Crippen molar-refractivity contribution in [2.24, 2.45) is 10.8 Å². The molecule has 0 aliphatic heterocycles. The Labute approximate surface area is 86.3 Å². The van der Waals surface area contributed by atoms with E-state index in [1.165, 1.54) is 38.5 Å². The molecule has 0 bridgehead atoms. The molecule has 2 aliphatic rings. The van der Waals surface area contributed by atoms with Gasteiger partial charge in [0, 0.05) is 5.41 Å². The largest absolute Gasteiger partial charge is 0.396 e. The standard InChI is InChI=1S/C12H22O2/c13-9-12(10-14)7-11(8-12)5-3-1-2-4-6-11/h13-14H,1-10H2. The van der Waals surface area contributed by atoms with Gasteiger partial charge in [0.1, 0.15) is 0 Å². The summed E-state index contributed by atoms with van der Waals surface area (Å²) < 4.78 is 0. The fraction of sp³-hybridized carbons (Fsp3) is 1.00. The predicted octanol–water partition coefficient (Wildman–Crippen LogP) is 2.09. The molecule has 2 fully saturated rings. The lowest BCUT2D eigenvalue weighted by molar-refractivity contribution is -0.113. The van der Waals surface area contributed by atoms with Gasteiger partial charge >= 0.3 is 0 Å². The van der Waals surface area contributed by atoms with Gasteiger partial charge in [-0.25, -0.2) is 0 Å². The molecule has 2 rings (SSSR count). The van der Waals surface area contributed by atoms with Crippen molar-refractivity contribution in [3.05, 3.63) is 0 Å². The molecule has 82 valence electrons. The molecule has 0 aromatic carbocycles. The van der Waals surface area contributed by atoms with Gasteiger partial charge in [0.2, 0.25) is 0 Å². The quantitative estimate of drug-likeness (QED) is 0.713. The number of aliphatic hydroxyl groups excluding tert-OH is 2. The number of rotatable bonds is 2. The van der Waals surface area contributed by atoms with Crippen molar-refractivity contribution in [2.45, 2.75) is 51.4 Å². The van der Waals surface area contributed by atoms with Crippen LogP contribution in [0.4, 0.5) is 0 Å². The lowest BCUT2D eigenvalue weighted by Gasteiger charge is -2.55. The van der Waals surface area contributed by atoms with E-state index in [0.717, 1.165) is 12.8 Å². The molecule has 2 N–H and O–H groups in total. The average molecular weight is 198 g/mol. The van der Waals surface area contributed by atoms with E-state index in [4.69, 9.17) is 0 Å². The van der Waals surface area contributed by atoms with E-state index >= 15 is 0 Å². The Balaban J connectivity index is 1.94. The van der Waals surface area contributed by atoms with Gasteiger partial charge in [0.15, 0.2) is 0 Å². The van der Waals surface area contributed by atoms with Crippen LogP contribution < -0.4 is 0 Å². The summed E-state index contributed by atoms with van der Waals surface area (Å²) >= 11 is 0. The number of aliphatic hydroxyl groups is 2. The predicted molar refractivity (Wildman–Crippen MR) is 56.0 cm³/mol. The SMILES string of the molecule is OCC1(CO)CC2(CCCCCC2)C1. The van der Waals surface area contributed by atoms with E-state index in [2.05, 4.69) is 0 Å². The van der Waals surface area contributed by atoms with Crippen molar-refractivity contribution < 1.29 is 10.2 Å². The highest BCUT2D eigenvalue weighted by atomic mass is 16.3. The zero-order valence-electron chi connectivity index (χ0n) is 8.97. The number of hydrogen-bond donors (Lipinski definition) is 2. The highest BCUT2D eigenvalue weighted by Gasteiger charge is 2.52. The van der Waals surface area contributed by atoms with Crippen molar-refractivity contribution >= 4 is 0 Å². The first kappa shape index (κ1) is 10.4. The van der Waals surface area contributed by atoms with E-state index in [9.17, 15) is 10.2 Å². The molecule has 0 unspecified atom stereocenters. The second kappa shape index (κ2) is 3.82. The van der Waals surface area contributed by atoms with Crippen LogP contribution in [0.25, 0.3) is 0 Å². The second-order valence-corrected chi connectivity index (χ2v) is 5.58. The Hall–Kier alpha value is -0.0800. The molecule has 14 heavy (non-hydrogen) atoms. The van der Waals surface area contributed by atoms with Gasteiger partial charge in [-0.2, -0.15) is 0 Å². The van der Waals surface area contributed by atoms with Crippen molar-refractivity contribution in [1.82, 2.24) is 0 Å². The molecule has 2 nitrogen and oxygen atoms in total. The molecule has 0 radical (unpaired) electrons.